The molecule has 1 amide bonds. The molecule has 140 valence electrons. The molecule has 1 fully saturated rings. The Morgan fingerprint density at radius 2 is 2.04 bits per heavy atom. The number of benzene rings is 1. The van der Waals surface area contributed by atoms with Crippen molar-refractivity contribution in [2.45, 2.75) is 19.4 Å². The van der Waals surface area contributed by atoms with Crippen molar-refractivity contribution in [3.8, 4) is 6.07 Å². The topological polar surface area (TPSA) is 116 Å². The van der Waals surface area contributed by atoms with Gasteiger partial charge < -0.3 is 10.2 Å². The number of hydrogen-bond acceptors (Lipinski definition) is 7. The second kappa shape index (κ2) is 7.72. The zero-order valence-corrected chi connectivity index (χ0v) is 15.6. The van der Waals surface area contributed by atoms with Gasteiger partial charge >= 0.3 is 0 Å². The largest absolute Gasteiger partial charge is 0.339 e. The normalized spacial score (nSPS) is 17.9. The van der Waals surface area contributed by atoms with Crippen LogP contribution >= 0.6 is 0 Å². The Morgan fingerprint density at radius 1 is 1.30 bits per heavy atom. The summed E-state index contributed by atoms with van der Waals surface area (Å²) in [5.74, 6) is 0.249. The van der Waals surface area contributed by atoms with Gasteiger partial charge in [0.1, 0.15) is 11.5 Å². The maximum absolute atomic E-state index is 12.7. The van der Waals surface area contributed by atoms with Crippen molar-refractivity contribution in [2.24, 2.45) is 0 Å². The van der Waals surface area contributed by atoms with Gasteiger partial charge in [0.15, 0.2) is 9.84 Å². The fourth-order valence-electron chi connectivity index (χ4n) is 3.01. The second-order valence-corrected chi connectivity index (χ2v) is 8.48. The molecule has 1 aliphatic heterocycles. The van der Waals surface area contributed by atoms with Crippen LogP contribution in [0.1, 0.15) is 29.4 Å². The third-order valence-electron chi connectivity index (χ3n) is 4.41. The van der Waals surface area contributed by atoms with Gasteiger partial charge in [-0.2, -0.15) is 5.26 Å². The van der Waals surface area contributed by atoms with Gasteiger partial charge in [-0.15, -0.1) is 0 Å². The highest BCUT2D eigenvalue weighted by Crippen LogP contribution is 2.20. The number of nitriles is 1. The molecule has 1 N–H and O–H groups in total. The molecule has 0 radical (unpaired) electrons. The Labute approximate surface area is 157 Å². The van der Waals surface area contributed by atoms with E-state index in [-0.39, 0.29) is 29.1 Å². The van der Waals surface area contributed by atoms with Crippen LogP contribution in [0, 0.1) is 11.3 Å². The molecule has 1 saturated heterocycles. The molecule has 27 heavy (non-hydrogen) atoms. The fraction of sp³-hybridized carbons (Fsp3) is 0.333. The van der Waals surface area contributed by atoms with Crippen LogP contribution < -0.4 is 5.32 Å². The summed E-state index contributed by atoms with van der Waals surface area (Å²) in [6, 6.07) is 8.60. The van der Waals surface area contributed by atoms with Gasteiger partial charge in [0.05, 0.1) is 35.5 Å². The molecule has 8 nitrogen and oxygen atoms in total. The standard InChI is InChI=1S/C18H19N5O3S/c1-2-23(15-7-8-27(25,26)12-15)18(24)16-10-21-17(11-20-16)22-14-5-3-13(9-19)4-6-14/h3-6,10-11,15H,2,7-8,12H2,1H3,(H,21,22). The molecule has 9 heteroatoms. The fourth-order valence-corrected chi connectivity index (χ4v) is 4.75. The van der Waals surface area contributed by atoms with Gasteiger partial charge in [-0.1, -0.05) is 0 Å². The summed E-state index contributed by atoms with van der Waals surface area (Å²) >= 11 is 0. The number of aromatic nitrogens is 2. The molecule has 1 atom stereocenters. The van der Waals surface area contributed by atoms with E-state index in [1.165, 1.54) is 12.4 Å². The monoisotopic (exact) mass is 385 g/mol. The molecule has 1 aromatic heterocycles. The molecule has 0 saturated carbocycles. The summed E-state index contributed by atoms with van der Waals surface area (Å²) in [6.45, 7) is 2.23. The molecule has 1 aliphatic rings. The lowest BCUT2D eigenvalue weighted by Gasteiger charge is -2.26. The van der Waals surface area contributed by atoms with E-state index in [9.17, 15) is 13.2 Å². The Morgan fingerprint density at radius 3 is 2.56 bits per heavy atom. The smallest absolute Gasteiger partial charge is 0.274 e. The summed E-state index contributed by atoms with van der Waals surface area (Å²) in [7, 11) is -3.07. The quantitative estimate of drug-likeness (QED) is 0.833. The van der Waals surface area contributed by atoms with Crippen molar-refractivity contribution in [1.82, 2.24) is 14.9 Å². The van der Waals surface area contributed by atoms with Crippen molar-refractivity contribution in [3.63, 3.8) is 0 Å². The lowest BCUT2D eigenvalue weighted by atomic mass is 10.2. The van der Waals surface area contributed by atoms with E-state index >= 15 is 0 Å². The molecule has 1 unspecified atom stereocenters. The van der Waals surface area contributed by atoms with Crippen LogP contribution in [0.25, 0.3) is 0 Å². The van der Waals surface area contributed by atoms with Crippen LogP contribution in [0.5, 0.6) is 0 Å². The first-order valence-electron chi connectivity index (χ1n) is 8.52. The number of sulfone groups is 1. The highest BCUT2D eigenvalue weighted by molar-refractivity contribution is 7.91. The SMILES string of the molecule is CCN(C(=O)c1cnc(Nc2ccc(C#N)cc2)cn1)C1CCS(=O)(=O)C1. The number of carbonyl (C=O) groups is 1. The maximum Gasteiger partial charge on any atom is 0.274 e. The van der Waals surface area contributed by atoms with E-state index in [2.05, 4.69) is 15.3 Å². The first-order chi connectivity index (χ1) is 12.9. The van der Waals surface area contributed by atoms with Gasteiger partial charge in [0, 0.05) is 18.3 Å². The number of amides is 1. The summed E-state index contributed by atoms with van der Waals surface area (Å²) in [6.07, 6.45) is 3.28. The Kier molecular flexibility index (Phi) is 5.37. The van der Waals surface area contributed by atoms with E-state index in [0.29, 0.717) is 24.3 Å². The van der Waals surface area contributed by atoms with Gasteiger partial charge in [0.2, 0.25) is 0 Å². The first-order valence-corrected chi connectivity index (χ1v) is 10.3. The second-order valence-electron chi connectivity index (χ2n) is 6.25. The van der Waals surface area contributed by atoms with Crippen molar-refractivity contribution < 1.29 is 13.2 Å². The van der Waals surface area contributed by atoms with Crippen LogP contribution in [0.2, 0.25) is 0 Å². The average Bonchev–Trinajstić information content (AvgIpc) is 3.03. The van der Waals surface area contributed by atoms with E-state index in [0.717, 1.165) is 5.69 Å². The van der Waals surface area contributed by atoms with Crippen LogP contribution in [0.15, 0.2) is 36.7 Å². The summed E-state index contributed by atoms with van der Waals surface area (Å²) in [4.78, 5) is 22.6. The van der Waals surface area contributed by atoms with E-state index < -0.39 is 9.84 Å². The minimum absolute atomic E-state index is 0.00165. The summed E-state index contributed by atoms with van der Waals surface area (Å²) < 4.78 is 23.4. The molecule has 0 spiro atoms. The van der Waals surface area contributed by atoms with E-state index in [1.54, 1.807) is 29.2 Å². The minimum Gasteiger partial charge on any atom is -0.339 e. The van der Waals surface area contributed by atoms with Gasteiger partial charge in [0.25, 0.3) is 5.91 Å². The van der Waals surface area contributed by atoms with E-state index in [1.807, 2.05) is 13.0 Å². The number of carbonyl (C=O) groups excluding carboxylic acids is 1. The van der Waals surface area contributed by atoms with Gasteiger partial charge in [-0.3, -0.25) is 4.79 Å². The zero-order chi connectivity index (χ0) is 19.4. The highest BCUT2D eigenvalue weighted by atomic mass is 32.2. The molecular weight excluding hydrogens is 366 g/mol. The van der Waals surface area contributed by atoms with Gasteiger partial charge in [-0.05, 0) is 37.6 Å². The lowest BCUT2D eigenvalue weighted by Crippen LogP contribution is -2.41. The average molecular weight is 385 g/mol. The maximum atomic E-state index is 12.7. The summed E-state index contributed by atoms with van der Waals surface area (Å²) in [5.41, 5.74) is 1.47. The first kappa shape index (κ1) is 18.8. The molecule has 0 bridgehead atoms. The number of nitrogens with one attached hydrogen (secondary N) is 1. The molecule has 0 aliphatic carbocycles. The van der Waals surface area contributed by atoms with Crippen molar-refractivity contribution in [2.75, 3.05) is 23.4 Å². The van der Waals surface area contributed by atoms with Crippen LogP contribution in [-0.4, -0.2) is 53.3 Å². The Bertz CT molecular complexity index is 966. The Balaban J connectivity index is 1.70. The number of nitrogens with zero attached hydrogens (tertiary/aromatic N) is 4. The van der Waals surface area contributed by atoms with Crippen LogP contribution in [0.3, 0.4) is 0 Å². The lowest BCUT2D eigenvalue weighted by molar-refractivity contribution is 0.0702. The summed E-state index contributed by atoms with van der Waals surface area (Å²) in [5, 5.41) is 11.9. The predicted octanol–water partition coefficient (Wildman–Crippen LogP) is 1.74. The van der Waals surface area contributed by atoms with Crippen LogP contribution in [0.4, 0.5) is 11.5 Å². The van der Waals surface area contributed by atoms with Gasteiger partial charge in [-0.25, -0.2) is 18.4 Å². The predicted molar refractivity (Wildman–Crippen MR) is 100 cm³/mol. The third-order valence-corrected chi connectivity index (χ3v) is 6.16. The van der Waals surface area contributed by atoms with Crippen molar-refractivity contribution in [1.29, 1.82) is 5.26 Å². The van der Waals surface area contributed by atoms with E-state index in [4.69, 9.17) is 5.26 Å². The number of anilines is 2. The molecular formula is C18H19N5O3S. The highest BCUT2D eigenvalue weighted by Gasteiger charge is 2.34. The number of hydrogen-bond donors (Lipinski definition) is 1. The molecule has 1 aromatic carbocycles. The van der Waals surface area contributed by atoms with Crippen LogP contribution in [-0.2, 0) is 9.84 Å². The molecule has 2 heterocycles. The van der Waals surface area contributed by atoms with Crippen molar-refractivity contribution in [3.05, 3.63) is 47.9 Å². The molecule has 2 aromatic rings. The van der Waals surface area contributed by atoms with Crippen molar-refractivity contribution >= 4 is 27.2 Å². The Hall–Kier alpha value is -2.99. The molecule has 3 rings (SSSR count). The third kappa shape index (κ3) is 4.41. The minimum atomic E-state index is -3.07. The zero-order valence-electron chi connectivity index (χ0n) is 14.8. The number of rotatable bonds is 5.